The zero-order chi connectivity index (χ0) is 21.0. The molecule has 0 radical (unpaired) electrons. The van der Waals surface area contributed by atoms with E-state index < -0.39 is 5.60 Å². The van der Waals surface area contributed by atoms with Crippen LogP contribution in [0.3, 0.4) is 0 Å². The molecule has 1 saturated heterocycles. The van der Waals surface area contributed by atoms with E-state index in [4.69, 9.17) is 9.97 Å². The molecular weight excluding hydrogens is 360 g/mol. The third-order valence-corrected chi connectivity index (χ3v) is 5.99. The number of rotatable bonds is 7. The standard InChI is InChI=1S/C24H38N4O/c1-17-10-11-21-19(3)26-23(27-22(21)16-17)28-14-7-9-20(12-15-28)25-18(2)8-6-13-24(4,5)29/h10-11,16,18,20,25,29H,6-9,12-15H2,1-5H3/t18-,20+/m0/s1. The van der Waals surface area contributed by atoms with E-state index in [1.54, 1.807) is 0 Å². The number of anilines is 1. The molecule has 1 aliphatic rings. The molecule has 5 heteroatoms. The molecule has 2 atom stereocenters. The van der Waals surface area contributed by atoms with Crippen LogP contribution in [0, 0.1) is 13.8 Å². The smallest absolute Gasteiger partial charge is 0.226 e. The second kappa shape index (κ2) is 9.40. The number of aromatic nitrogens is 2. The van der Waals surface area contributed by atoms with Crippen LogP contribution in [0.4, 0.5) is 5.95 Å². The van der Waals surface area contributed by atoms with Crippen molar-refractivity contribution in [2.75, 3.05) is 18.0 Å². The van der Waals surface area contributed by atoms with Crippen LogP contribution in [-0.2, 0) is 0 Å². The topological polar surface area (TPSA) is 61.3 Å². The highest BCUT2D eigenvalue weighted by Crippen LogP contribution is 2.23. The number of aryl methyl sites for hydroxylation is 2. The van der Waals surface area contributed by atoms with Gasteiger partial charge in [0.2, 0.25) is 5.95 Å². The van der Waals surface area contributed by atoms with Gasteiger partial charge in [-0.2, -0.15) is 0 Å². The van der Waals surface area contributed by atoms with Crippen molar-refractivity contribution in [2.45, 2.75) is 90.8 Å². The van der Waals surface area contributed by atoms with Crippen LogP contribution in [0.1, 0.15) is 70.6 Å². The lowest BCUT2D eigenvalue weighted by Gasteiger charge is -2.24. The van der Waals surface area contributed by atoms with Gasteiger partial charge in [-0.1, -0.05) is 12.1 Å². The number of aliphatic hydroxyl groups is 1. The zero-order valence-electron chi connectivity index (χ0n) is 18.8. The van der Waals surface area contributed by atoms with Crippen LogP contribution < -0.4 is 10.2 Å². The van der Waals surface area contributed by atoms with Crippen molar-refractivity contribution in [1.29, 1.82) is 0 Å². The Kier molecular flexibility index (Phi) is 7.12. The molecule has 5 nitrogen and oxygen atoms in total. The average molecular weight is 399 g/mol. The van der Waals surface area contributed by atoms with Gasteiger partial charge >= 0.3 is 0 Å². The van der Waals surface area contributed by atoms with Crippen molar-refractivity contribution >= 4 is 16.9 Å². The fraction of sp³-hybridized carbons (Fsp3) is 0.667. The third-order valence-electron chi connectivity index (χ3n) is 5.99. The normalized spacial score (nSPS) is 19.4. The predicted octanol–water partition coefficient (Wildman–Crippen LogP) is 4.52. The van der Waals surface area contributed by atoms with E-state index >= 15 is 0 Å². The lowest BCUT2D eigenvalue weighted by Crippen LogP contribution is -2.37. The van der Waals surface area contributed by atoms with Crippen LogP contribution in [-0.4, -0.2) is 45.8 Å². The van der Waals surface area contributed by atoms with Crippen molar-refractivity contribution in [3.63, 3.8) is 0 Å². The van der Waals surface area contributed by atoms with Crippen molar-refractivity contribution in [1.82, 2.24) is 15.3 Å². The Labute approximate surface area is 175 Å². The molecule has 1 aromatic heterocycles. The molecule has 160 valence electrons. The van der Waals surface area contributed by atoms with E-state index in [1.807, 2.05) is 13.8 Å². The maximum atomic E-state index is 9.89. The second-order valence-electron chi connectivity index (χ2n) is 9.52. The van der Waals surface area contributed by atoms with Gasteiger partial charge in [-0.3, -0.25) is 0 Å². The van der Waals surface area contributed by atoms with Crippen molar-refractivity contribution in [2.24, 2.45) is 0 Å². The van der Waals surface area contributed by atoms with Gasteiger partial charge in [0.25, 0.3) is 0 Å². The number of nitrogens with zero attached hydrogens (tertiary/aromatic N) is 3. The fourth-order valence-electron chi connectivity index (χ4n) is 4.31. The summed E-state index contributed by atoms with van der Waals surface area (Å²) in [5.74, 6) is 0.875. The number of fused-ring (bicyclic) bond motifs is 1. The molecule has 1 aromatic carbocycles. The maximum Gasteiger partial charge on any atom is 0.226 e. The highest BCUT2D eigenvalue weighted by molar-refractivity contribution is 5.82. The van der Waals surface area contributed by atoms with Gasteiger partial charge in [-0.15, -0.1) is 0 Å². The Morgan fingerprint density at radius 1 is 1.21 bits per heavy atom. The van der Waals surface area contributed by atoms with Gasteiger partial charge in [0.1, 0.15) is 0 Å². The average Bonchev–Trinajstić information content (AvgIpc) is 2.85. The summed E-state index contributed by atoms with van der Waals surface area (Å²) in [5, 5.41) is 14.9. The van der Waals surface area contributed by atoms with Crippen LogP contribution in [0.5, 0.6) is 0 Å². The van der Waals surface area contributed by atoms with E-state index in [9.17, 15) is 5.11 Å². The minimum absolute atomic E-state index is 0.482. The monoisotopic (exact) mass is 398 g/mol. The molecule has 0 saturated carbocycles. The van der Waals surface area contributed by atoms with E-state index in [-0.39, 0.29) is 0 Å². The molecule has 2 aromatic rings. The lowest BCUT2D eigenvalue weighted by molar-refractivity contribution is 0.0674. The molecule has 0 amide bonds. The van der Waals surface area contributed by atoms with Gasteiger partial charge in [0.05, 0.1) is 16.8 Å². The van der Waals surface area contributed by atoms with E-state index in [1.165, 1.54) is 12.0 Å². The zero-order valence-corrected chi connectivity index (χ0v) is 18.8. The van der Waals surface area contributed by atoms with E-state index in [0.29, 0.717) is 12.1 Å². The first kappa shape index (κ1) is 22.0. The van der Waals surface area contributed by atoms with Crippen molar-refractivity contribution < 1.29 is 5.11 Å². The number of hydrogen-bond acceptors (Lipinski definition) is 5. The predicted molar refractivity (Wildman–Crippen MR) is 122 cm³/mol. The maximum absolute atomic E-state index is 9.89. The molecule has 29 heavy (non-hydrogen) atoms. The lowest BCUT2D eigenvalue weighted by atomic mass is 9.99. The van der Waals surface area contributed by atoms with Crippen LogP contribution in [0.25, 0.3) is 10.9 Å². The molecule has 0 unspecified atom stereocenters. The Hall–Kier alpha value is -1.72. The Balaban J connectivity index is 1.58. The van der Waals surface area contributed by atoms with Gasteiger partial charge in [0, 0.05) is 30.6 Å². The quantitative estimate of drug-likeness (QED) is 0.718. The largest absolute Gasteiger partial charge is 0.390 e. The summed E-state index contributed by atoms with van der Waals surface area (Å²) in [7, 11) is 0. The highest BCUT2D eigenvalue weighted by Gasteiger charge is 2.21. The SMILES string of the molecule is Cc1ccc2c(C)nc(N3CCC[C@@H](N[C@@H](C)CCCC(C)(C)O)CC3)nc2c1. The molecule has 0 spiro atoms. The van der Waals surface area contributed by atoms with E-state index in [2.05, 4.69) is 49.2 Å². The van der Waals surface area contributed by atoms with Gasteiger partial charge in [0.15, 0.2) is 0 Å². The summed E-state index contributed by atoms with van der Waals surface area (Å²) in [5.41, 5.74) is 2.79. The first-order valence-electron chi connectivity index (χ1n) is 11.2. The molecule has 0 aliphatic carbocycles. The molecular formula is C24H38N4O. The molecule has 1 fully saturated rings. The minimum Gasteiger partial charge on any atom is -0.390 e. The molecule has 2 heterocycles. The Bertz CT molecular complexity index is 814. The fourth-order valence-corrected chi connectivity index (χ4v) is 4.31. The van der Waals surface area contributed by atoms with Crippen molar-refractivity contribution in [3.05, 3.63) is 29.5 Å². The summed E-state index contributed by atoms with van der Waals surface area (Å²) in [6.07, 6.45) is 6.48. The Morgan fingerprint density at radius 3 is 2.76 bits per heavy atom. The number of nitrogens with one attached hydrogen (secondary N) is 1. The van der Waals surface area contributed by atoms with E-state index in [0.717, 1.165) is 67.7 Å². The second-order valence-corrected chi connectivity index (χ2v) is 9.52. The molecule has 2 N–H and O–H groups in total. The number of hydrogen-bond donors (Lipinski definition) is 2. The van der Waals surface area contributed by atoms with Crippen molar-refractivity contribution in [3.8, 4) is 0 Å². The summed E-state index contributed by atoms with van der Waals surface area (Å²) < 4.78 is 0. The molecule has 3 rings (SSSR count). The van der Waals surface area contributed by atoms with Crippen LogP contribution in [0.2, 0.25) is 0 Å². The summed E-state index contributed by atoms with van der Waals surface area (Å²) in [6, 6.07) is 7.44. The van der Waals surface area contributed by atoms with Crippen LogP contribution >= 0.6 is 0 Å². The summed E-state index contributed by atoms with van der Waals surface area (Å²) >= 11 is 0. The van der Waals surface area contributed by atoms with Gasteiger partial charge in [-0.05, 0) is 84.8 Å². The Morgan fingerprint density at radius 2 is 2.00 bits per heavy atom. The first-order chi connectivity index (χ1) is 13.7. The third kappa shape index (κ3) is 6.38. The molecule has 0 bridgehead atoms. The van der Waals surface area contributed by atoms with Gasteiger partial charge < -0.3 is 15.3 Å². The summed E-state index contributed by atoms with van der Waals surface area (Å²) in [6.45, 7) is 12.3. The van der Waals surface area contributed by atoms with Crippen LogP contribution in [0.15, 0.2) is 18.2 Å². The van der Waals surface area contributed by atoms with Gasteiger partial charge in [-0.25, -0.2) is 9.97 Å². The minimum atomic E-state index is -0.556. The number of benzene rings is 1. The molecule has 1 aliphatic heterocycles. The highest BCUT2D eigenvalue weighted by atomic mass is 16.3. The summed E-state index contributed by atoms with van der Waals surface area (Å²) in [4.78, 5) is 12.1. The first-order valence-corrected chi connectivity index (χ1v) is 11.2.